The van der Waals surface area contributed by atoms with Crippen LogP contribution in [-0.2, 0) is 23.1 Å². The topological polar surface area (TPSA) is 104 Å². The van der Waals surface area contributed by atoms with E-state index in [1.165, 1.54) is 36.1 Å². The third-order valence-electron chi connectivity index (χ3n) is 4.72. The normalized spacial score (nSPS) is 12.4. The summed E-state index contributed by atoms with van der Waals surface area (Å²) in [4.78, 5) is 19.9. The average Bonchev–Trinajstić information content (AvgIpc) is 3.09. The molecule has 0 saturated carbocycles. The van der Waals surface area contributed by atoms with Crippen LogP contribution in [0.3, 0.4) is 0 Å². The molecule has 0 atom stereocenters. The van der Waals surface area contributed by atoms with Crippen LogP contribution in [-0.4, -0.2) is 43.7 Å². The zero-order valence-corrected chi connectivity index (χ0v) is 18.2. The van der Waals surface area contributed by atoms with E-state index in [0.29, 0.717) is 16.1 Å². The van der Waals surface area contributed by atoms with Gasteiger partial charge in [0, 0.05) is 31.2 Å². The van der Waals surface area contributed by atoms with E-state index in [2.05, 4.69) is 24.9 Å². The van der Waals surface area contributed by atoms with Gasteiger partial charge in [0.15, 0.2) is 21.5 Å². The molecule has 13 heteroatoms. The number of sulfone groups is 1. The summed E-state index contributed by atoms with van der Waals surface area (Å²) in [6.45, 7) is 1.47. The molecular weight excluding hydrogens is 469 g/mol. The Hall–Kier alpha value is -3.12. The molecule has 4 heterocycles. The average molecular weight is 483 g/mol. The Morgan fingerprint density at radius 3 is 2.34 bits per heavy atom. The van der Waals surface area contributed by atoms with Crippen molar-refractivity contribution in [2.45, 2.75) is 18.0 Å². The van der Waals surface area contributed by atoms with Gasteiger partial charge in [0.2, 0.25) is 0 Å². The van der Waals surface area contributed by atoms with Gasteiger partial charge in [-0.15, -0.1) is 0 Å². The number of nitrogens with zero attached hydrogens (tertiary/aromatic N) is 6. The van der Waals surface area contributed by atoms with E-state index in [1.54, 1.807) is 7.05 Å². The van der Waals surface area contributed by atoms with Crippen LogP contribution < -0.4 is 0 Å². The molecule has 0 aliphatic heterocycles. The molecule has 0 unspecified atom stereocenters. The van der Waals surface area contributed by atoms with Crippen LogP contribution in [0.2, 0.25) is 5.02 Å². The molecule has 0 radical (unpaired) electrons. The van der Waals surface area contributed by atoms with Gasteiger partial charge in [0.05, 0.1) is 32.9 Å². The molecule has 4 rings (SSSR count). The highest BCUT2D eigenvalue weighted by Crippen LogP contribution is 2.33. The summed E-state index contributed by atoms with van der Waals surface area (Å²) in [7, 11) is -2.25. The largest absolute Gasteiger partial charge is 0.433 e. The van der Waals surface area contributed by atoms with Crippen molar-refractivity contribution in [1.82, 2.24) is 29.5 Å². The van der Waals surface area contributed by atoms with Crippen molar-refractivity contribution < 1.29 is 21.6 Å². The summed E-state index contributed by atoms with van der Waals surface area (Å²) >= 11 is 5.80. The van der Waals surface area contributed by atoms with Gasteiger partial charge in [-0.3, -0.25) is 4.98 Å². The molecule has 0 saturated heterocycles. The Morgan fingerprint density at radius 1 is 1.03 bits per heavy atom. The summed E-state index contributed by atoms with van der Waals surface area (Å²) in [5, 5.41) is 0.311. The van der Waals surface area contributed by atoms with Crippen molar-refractivity contribution in [3.05, 3.63) is 47.6 Å². The van der Waals surface area contributed by atoms with Crippen LogP contribution in [0, 0.1) is 0 Å². The molecule has 0 fully saturated rings. The first-order chi connectivity index (χ1) is 15.0. The lowest BCUT2D eigenvalue weighted by Crippen LogP contribution is -2.09. The number of rotatable bonds is 4. The quantitative estimate of drug-likeness (QED) is 0.433. The van der Waals surface area contributed by atoms with Crippen molar-refractivity contribution in [1.29, 1.82) is 0 Å². The van der Waals surface area contributed by atoms with E-state index in [1.807, 2.05) is 0 Å². The van der Waals surface area contributed by atoms with Crippen molar-refractivity contribution in [3.63, 3.8) is 0 Å². The molecule has 0 amide bonds. The maximum absolute atomic E-state index is 13.0. The Kier molecular flexibility index (Phi) is 5.37. The molecule has 0 aliphatic carbocycles. The monoisotopic (exact) mass is 482 g/mol. The van der Waals surface area contributed by atoms with Crippen LogP contribution in [0.25, 0.3) is 33.9 Å². The second-order valence-corrected chi connectivity index (χ2v) is 9.43. The number of aryl methyl sites for hydroxylation is 1. The molecule has 166 valence electrons. The second-order valence-electron chi connectivity index (χ2n) is 6.75. The fourth-order valence-electron chi connectivity index (χ4n) is 3.04. The van der Waals surface area contributed by atoms with E-state index in [-0.39, 0.29) is 33.5 Å². The fraction of sp³-hybridized carbons (Fsp3) is 0.211. The molecule has 4 aromatic heterocycles. The minimum Gasteiger partial charge on any atom is -0.324 e. The van der Waals surface area contributed by atoms with Crippen molar-refractivity contribution in [2.75, 3.05) is 5.75 Å². The third kappa shape index (κ3) is 3.91. The lowest BCUT2D eigenvalue weighted by atomic mass is 10.2. The summed E-state index contributed by atoms with van der Waals surface area (Å²) in [6, 6.07) is 2.17. The molecule has 8 nitrogen and oxygen atoms in total. The Bertz CT molecular complexity index is 1440. The lowest BCUT2D eigenvalue weighted by molar-refractivity contribution is -0.141. The first kappa shape index (κ1) is 22.1. The molecule has 0 spiro atoms. The summed E-state index contributed by atoms with van der Waals surface area (Å²) in [5.41, 5.74) is -0.468. The van der Waals surface area contributed by atoms with Crippen molar-refractivity contribution in [2.24, 2.45) is 7.05 Å². The minimum atomic E-state index is -4.64. The standard InChI is InChI=1S/C19H14ClF3N6O2S/c1-3-32(30,31)14-4-10(17-26-7-11(20)8-27-17)6-25-16(14)18-28-12-5-15(19(21,22)23)24-9-13(12)29(18)2/h4-9H,3H2,1-2H3. The predicted octanol–water partition coefficient (Wildman–Crippen LogP) is 3.95. The van der Waals surface area contributed by atoms with Gasteiger partial charge in [0.1, 0.15) is 11.4 Å². The Labute approximate surface area is 185 Å². The molecule has 4 aromatic rings. The highest BCUT2D eigenvalue weighted by Gasteiger charge is 2.33. The number of aromatic nitrogens is 6. The van der Waals surface area contributed by atoms with Crippen LogP contribution in [0.1, 0.15) is 12.6 Å². The summed E-state index contributed by atoms with van der Waals surface area (Å²) < 4.78 is 66.2. The maximum atomic E-state index is 13.0. The van der Waals surface area contributed by atoms with Crippen molar-refractivity contribution in [3.8, 4) is 22.9 Å². The number of hydrogen-bond acceptors (Lipinski definition) is 7. The van der Waals surface area contributed by atoms with Gasteiger partial charge in [-0.05, 0) is 12.1 Å². The fourth-order valence-corrected chi connectivity index (χ4v) is 4.20. The first-order valence-corrected chi connectivity index (χ1v) is 11.1. The SMILES string of the molecule is CCS(=O)(=O)c1cc(-c2ncc(Cl)cn2)cnc1-c1nc2cc(C(F)(F)F)ncc2n1C. The number of pyridine rings is 2. The second kappa shape index (κ2) is 7.78. The van der Waals surface area contributed by atoms with Crippen LogP contribution >= 0.6 is 11.6 Å². The lowest BCUT2D eigenvalue weighted by Gasteiger charge is -2.10. The summed E-state index contributed by atoms with van der Waals surface area (Å²) in [5.74, 6) is 0.0674. The van der Waals surface area contributed by atoms with Gasteiger partial charge >= 0.3 is 6.18 Å². The Balaban J connectivity index is 1.94. The van der Waals surface area contributed by atoms with Crippen LogP contribution in [0.15, 0.2) is 41.8 Å². The number of halogens is 4. The molecule has 0 N–H and O–H groups in total. The van der Waals surface area contributed by atoms with E-state index in [0.717, 1.165) is 12.3 Å². The number of hydrogen-bond donors (Lipinski definition) is 0. The highest BCUT2D eigenvalue weighted by molar-refractivity contribution is 7.91. The smallest absolute Gasteiger partial charge is 0.324 e. The predicted molar refractivity (Wildman–Crippen MR) is 111 cm³/mol. The zero-order valence-electron chi connectivity index (χ0n) is 16.6. The molecule has 0 bridgehead atoms. The van der Waals surface area contributed by atoms with Crippen LogP contribution in [0.5, 0.6) is 0 Å². The molecule has 0 aromatic carbocycles. The van der Waals surface area contributed by atoms with Gasteiger partial charge in [-0.1, -0.05) is 18.5 Å². The Morgan fingerprint density at radius 2 is 1.72 bits per heavy atom. The van der Waals surface area contributed by atoms with Crippen molar-refractivity contribution >= 4 is 32.5 Å². The maximum Gasteiger partial charge on any atom is 0.433 e. The number of fused-ring (bicyclic) bond motifs is 1. The van der Waals surface area contributed by atoms with Gasteiger partial charge in [-0.2, -0.15) is 13.2 Å². The van der Waals surface area contributed by atoms with Gasteiger partial charge in [-0.25, -0.2) is 28.4 Å². The number of alkyl halides is 3. The third-order valence-corrected chi connectivity index (χ3v) is 6.65. The molecular formula is C19H14ClF3N6O2S. The summed E-state index contributed by atoms with van der Waals surface area (Å²) in [6.07, 6.45) is 0.497. The number of imidazole rings is 1. The van der Waals surface area contributed by atoms with Crippen LogP contribution in [0.4, 0.5) is 13.2 Å². The first-order valence-electron chi connectivity index (χ1n) is 9.12. The van der Waals surface area contributed by atoms with Gasteiger partial charge in [0.25, 0.3) is 0 Å². The zero-order chi connectivity index (χ0) is 23.3. The van der Waals surface area contributed by atoms with E-state index < -0.39 is 21.7 Å². The molecule has 0 aliphatic rings. The van der Waals surface area contributed by atoms with Gasteiger partial charge < -0.3 is 4.57 Å². The minimum absolute atomic E-state index is 0.00294. The van der Waals surface area contributed by atoms with E-state index in [9.17, 15) is 21.6 Å². The van der Waals surface area contributed by atoms with E-state index in [4.69, 9.17) is 11.6 Å². The highest BCUT2D eigenvalue weighted by atomic mass is 35.5. The van der Waals surface area contributed by atoms with E-state index >= 15 is 0 Å². The molecule has 32 heavy (non-hydrogen) atoms.